The van der Waals surface area contributed by atoms with Crippen molar-refractivity contribution in [2.75, 3.05) is 52.9 Å². The van der Waals surface area contributed by atoms with Gasteiger partial charge in [-0.1, -0.05) is 0 Å². The highest BCUT2D eigenvalue weighted by Gasteiger charge is 2.61. The Bertz CT molecular complexity index is 2200. The predicted molar refractivity (Wildman–Crippen MR) is 256 cm³/mol. The number of carbonyl (C=O) groups excluding carboxylic acids is 6. The summed E-state index contributed by atoms with van der Waals surface area (Å²) in [6.07, 6.45) is -52.6. The number of carboxylic acids is 2. The molecule has 0 unspecified atom stereocenters. The standard InChI is InChI=1S/C46H76N4O35/c1-14(59)48-25-17(61)3-45(43(72)73,83-37(25)28(65)19(63)6-52)82-21(8-54)30(67)38-26(50-24(64)11-57)18(62)4-46(84-38,44(74)75)85-39-34(71)42(80-35-22(9-55)78-41(33(70)32(35)69)76-12-16(5-51)47-13-58)79-23(10-56)36(39)81-40-27(49-15(2)60)31(68)29(66)20(7-53)77-40/h13,16-23,25-42,51-57,61-63,65-71H,3-12H2,1-2H3,(H,47,58)(H,48,59)(H,49,60)(H,50,64)(H,72,73)(H,74,75)/p-2/t16-,17+,18+,19-,20-,21-,22-,23-,25-,26-,27-,28-,29+,30-,31-,32-,33-,34-,35-,36+,37-,38-,39-,40+,41-,42+,45-,46+/m1/s1. The molecule has 4 amide bonds. The van der Waals surface area contributed by atoms with Crippen molar-refractivity contribution in [1.82, 2.24) is 21.3 Å². The second kappa shape index (κ2) is 31.3. The Hall–Kier alpha value is -4.26. The van der Waals surface area contributed by atoms with Gasteiger partial charge in [0.25, 0.3) is 0 Å². The molecule has 0 aromatic heterocycles. The number of ether oxygens (including phenoxy) is 10. The Kier molecular flexibility index (Phi) is 26.3. The maximum absolute atomic E-state index is 13.8. The molecule has 28 atom stereocenters. The normalized spacial score (nSPS) is 40.6. The van der Waals surface area contributed by atoms with Crippen molar-refractivity contribution in [1.29, 1.82) is 0 Å². The minimum absolute atomic E-state index is 0.211. The number of carboxylic acid groups (broad SMARTS) is 2. The van der Waals surface area contributed by atoms with E-state index in [0.717, 1.165) is 13.8 Å². The lowest BCUT2D eigenvalue weighted by molar-refractivity contribution is -0.422. The van der Waals surface area contributed by atoms with Crippen molar-refractivity contribution in [3.63, 3.8) is 0 Å². The van der Waals surface area contributed by atoms with Crippen LogP contribution in [0.15, 0.2) is 0 Å². The van der Waals surface area contributed by atoms with Crippen LogP contribution < -0.4 is 31.5 Å². The van der Waals surface area contributed by atoms with E-state index < -0.39 is 266 Å². The van der Waals surface area contributed by atoms with E-state index >= 15 is 0 Å². The molecule has 5 aliphatic rings. The zero-order valence-electron chi connectivity index (χ0n) is 45.1. The van der Waals surface area contributed by atoms with Crippen LogP contribution in [0.1, 0.15) is 26.7 Å². The highest BCUT2D eigenvalue weighted by atomic mass is 16.8. The molecular weight excluding hydrogens is 1170 g/mol. The summed E-state index contributed by atoms with van der Waals surface area (Å²) in [6.45, 7) is -7.16. The largest absolute Gasteiger partial charge is 0.544 e. The molecule has 0 saturated carbocycles. The molecule has 5 rings (SSSR count). The van der Waals surface area contributed by atoms with Gasteiger partial charge in [-0.05, 0) is 0 Å². The van der Waals surface area contributed by atoms with Gasteiger partial charge in [-0.2, -0.15) is 0 Å². The fraction of sp³-hybridized carbons (Fsp3) is 0.870. The van der Waals surface area contributed by atoms with Gasteiger partial charge < -0.3 is 175 Å². The lowest BCUT2D eigenvalue weighted by Crippen LogP contribution is -2.74. The van der Waals surface area contributed by atoms with Gasteiger partial charge in [0, 0.05) is 26.7 Å². The zero-order valence-corrected chi connectivity index (χ0v) is 45.1. The Morgan fingerprint density at radius 3 is 1.64 bits per heavy atom. The van der Waals surface area contributed by atoms with E-state index in [1.807, 2.05) is 5.32 Å². The fourth-order valence-corrected chi connectivity index (χ4v) is 10.2. The van der Waals surface area contributed by atoms with Crippen LogP contribution in [-0.4, -0.2) is 346 Å². The summed E-state index contributed by atoms with van der Waals surface area (Å²) in [5.41, 5.74) is 0. The van der Waals surface area contributed by atoms with Crippen LogP contribution in [0.25, 0.3) is 0 Å². The van der Waals surface area contributed by atoms with Crippen LogP contribution in [0.5, 0.6) is 0 Å². The van der Waals surface area contributed by atoms with Crippen molar-refractivity contribution in [2.24, 2.45) is 0 Å². The molecule has 5 fully saturated rings. The summed E-state index contributed by atoms with van der Waals surface area (Å²) in [5, 5.41) is 219. The number of aliphatic hydroxyl groups is 17. The van der Waals surface area contributed by atoms with Gasteiger partial charge in [-0.3, -0.25) is 19.2 Å². The molecule has 5 heterocycles. The summed E-state index contributed by atoms with van der Waals surface area (Å²) >= 11 is 0. The second-order valence-electron chi connectivity index (χ2n) is 20.5. The van der Waals surface area contributed by atoms with Gasteiger partial charge in [0.15, 0.2) is 18.9 Å². The van der Waals surface area contributed by atoms with E-state index in [1.165, 1.54) is 0 Å². The van der Waals surface area contributed by atoms with Gasteiger partial charge in [0.2, 0.25) is 35.7 Å². The number of nitrogens with one attached hydrogen (secondary N) is 4. The summed E-state index contributed by atoms with van der Waals surface area (Å²) < 4.78 is 57.2. The molecule has 0 aliphatic carbocycles. The van der Waals surface area contributed by atoms with Crippen LogP contribution in [0.4, 0.5) is 0 Å². The minimum atomic E-state index is -3.76. The van der Waals surface area contributed by atoms with E-state index in [4.69, 9.17) is 47.4 Å². The number of aliphatic hydroxyl groups excluding tert-OH is 17. The second-order valence-corrected chi connectivity index (χ2v) is 20.5. The van der Waals surface area contributed by atoms with Gasteiger partial charge in [-0.25, -0.2) is 0 Å². The highest BCUT2D eigenvalue weighted by Crippen LogP contribution is 2.41. The number of amides is 4. The average Bonchev–Trinajstić information content (AvgIpc) is 3.63. The lowest BCUT2D eigenvalue weighted by Gasteiger charge is -2.54. The molecule has 39 heteroatoms. The fourth-order valence-electron chi connectivity index (χ4n) is 10.2. The van der Waals surface area contributed by atoms with E-state index in [2.05, 4.69) is 16.0 Å². The van der Waals surface area contributed by atoms with Crippen molar-refractivity contribution in [2.45, 2.75) is 197 Å². The molecule has 0 aromatic carbocycles. The van der Waals surface area contributed by atoms with Crippen LogP contribution in [0.3, 0.4) is 0 Å². The van der Waals surface area contributed by atoms with Gasteiger partial charge in [0.05, 0.1) is 76.6 Å². The average molecular weight is 1240 g/mol. The molecule has 5 saturated heterocycles. The van der Waals surface area contributed by atoms with E-state index in [-0.39, 0.29) is 6.41 Å². The molecule has 0 bridgehead atoms. The molecule has 21 N–H and O–H groups in total. The third-order valence-electron chi connectivity index (χ3n) is 14.5. The molecule has 0 radical (unpaired) electrons. The maximum Gasteiger partial charge on any atom is 0.246 e. The summed E-state index contributed by atoms with van der Waals surface area (Å²) in [7, 11) is 0. The van der Waals surface area contributed by atoms with Crippen LogP contribution in [-0.2, 0) is 76.1 Å². The number of carbonyl (C=O) groups is 6. The maximum atomic E-state index is 13.8. The van der Waals surface area contributed by atoms with E-state index in [1.54, 1.807) is 0 Å². The molecule has 0 spiro atoms. The molecule has 85 heavy (non-hydrogen) atoms. The molecule has 5 aliphatic heterocycles. The monoisotopic (exact) mass is 1240 g/mol. The van der Waals surface area contributed by atoms with Crippen LogP contribution in [0.2, 0.25) is 0 Å². The lowest BCUT2D eigenvalue weighted by atomic mass is 9.87. The Morgan fingerprint density at radius 1 is 0.588 bits per heavy atom. The SMILES string of the molecule is CC(=O)N[C@H]1[C@H](O[C@@H]2[C@H](O[C@]3(C(=O)[O-])C[C@H](O)[C@@H](NC(=O)CO)[C@H]([C@H](O)[C@@H](CO)O[C@]4(C(=O)[O-])C[C@H](O)[C@@H](NC(C)=O)[C@H]([C@H](O)[C@H](O)CO)O4)O3)[C@@H](O)[C@H](O[C@H]3[C@H](O)[C@@H](O)[C@H](OC[C@@H](CO)NC=O)O[C@@H]3CO)O[C@@H]2CO)O[C@H](CO)[C@H](O)[C@@H]1O. The summed E-state index contributed by atoms with van der Waals surface area (Å²) in [5.74, 6) is -15.6. The minimum Gasteiger partial charge on any atom is -0.544 e. The third-order valence-corrected chi connectivity index (χ3v) is 14.5. The molecule has 0 aromatic rings. The summed E-state index contributed by atoms with van der Waals surface area (Å²) in [6, 6.07) is -7.00. The van der Waals surface area contributed by atoms with Crippen molar-refractivity contribution >= 4 is 36.1 Å². The molecular formula is C46H74N4O35-2. The molecule has 490 valence electrons. The third kappa shape index (κ3) is 16.3. The van der Waals surface area contributed by atoms with Crippen molar-refractivity contribution < 1.29 is 173 Å². The van der Waals surface area contributed by atoms with Crippen molar-refractivity contribution in [3.8, 4) is 0 Å². The number of hydrogen-bond acceptors (Lipinski definition) is 35. The predicted octanol–water partition coefficient (Wildman–Crippen LogP) is -17.6. The Labute approximate surface area is 480 Å². The number of aliphatic carboxylic acids is 2. The van der Waals surface area contributed by atoms with Crippen LogP contribution in [0, 0.1) is 0 Å². The number of hydrogen-bond donors (Lipinski definition) is 21. The van der Waals surface area contributed by atoms with E-state index in [9.17, 15) is 126 Å². The van der Waals surface area contributed by atoms with Gasteiger partial charge in [-0.15, -0.1) is 0 Å². The number of rotatable bonds is 29. The topological polar surface area (TPSA) is 633 Å². The first-order valence-corrected chi connectivity index (χ1v) is 26.2. The quantitative estimate of drug-likeness (QED) is 0.0309. The highest BCUT2D eigenvalue weighted by molar-refractivity contribution is 5.78. The van der Waals surface area contributed by atoms with Gasteiger partial charge >= 0.3 is 0 Å². The first-order valence-electron chi connectivity index (χ1n) is 26.2. The van der Waals surface area contributed by atoms with Gasteiger partial charge in [0.1, 0.15) is 128 Å². The first-order chi connectivity index (χ1) is 40.1. The van der Waals surface area contributed by atoms with Crippen LogP contribution >= 0.6 is 0 Å². The first kappa shape index (κ1) is 71.5. The Morgan fingerprint density at radius 2 is 1.11 bits per heavy atom. The van der Waals surface area contributed by atoms with E-state index in [0.29, 0.717) is 0 Å². The molecule has 39 nitrogen and oxygen atoms in total. The van der Waals surface area contributed by atoms with Crippen molar-refractivity contribution in [3.05, 3.63) is 0 Å². The zero-order chi connectivity index (χ0) is 63.6. The summed E-state index contributed by atoms with van der Waals surface area (Å²) in [4.78, 5) is 75.1. The smallest absolute Gasteiger partial charge is 0.246 e. The Balaban J connectivity index is 1.62.